The number of aryl methyl sites for hydroxylation is 1. The van der Waals surface area contributed by atoms with Gasteiger partial charge in [-0.3, -0.25) is 0 Å². The number of thiocarbonyl (C=S) groups is 1. The number of benzene rings is 1. The van der Waals surface area contributed by atoms with E-state index in [4.69, 9.17) is 23.8 Å². The van der Waals surface area contributed by atoms with Crippen molar-refractivity contribution in [1.29, 1.82) is 0 Å². The largest absolute Gasteiger partial charge is 0.501 e. The van der Waals surface area contributed by atoms with E-state index in [0.717, 1.165) is 11.3 Å². The number of aliphatic hydroxyl groups is 1. The third kappa shape index (κ3) is 4.07. The summed E-state index contributed by atoms with van der Waals surface area (Å²) in [5.74, 6) is 0.0826. The molecule has 6 heteroatoms. The molecule has 0 radical (unpaired) electrons. The second-order valence-corrected chi connectivity index (χ2v) is 7.48. The van der Waals surface area contributed by atoms with Gasteiger partial charge in [0.2, 0.25) is 5.76 Å². The van der Waals surface area contributed by atoms with Gasteiger partial charge in [-0.1, -0.05) is 48.1 Å². The van der Waals surface area contributed by atoms with Crippen molar-refractivity contribution in [2.24, 2.45) is 0 Å². The molecule has 0 atom stereocenters. The van der Waals surface area contributed by atoms with Crippen LogP contribution in [0.4, 0.5) is 5.69 Å². The van der Waals surface area contributed by atoms with Gasteiger partial charge in [0.15, 0.2) is 17.4 Å². The minimum Gasteiger partial charge on any atom is -0.501 e. The van der Waals surface area contributed by atoms with Crippen molar-refractivity contribution in [2.75, 3.05) is 5.32 Å². The van der Waals surface area contributed by atoms with Gasteiger partial charge in [-0.15, -0.1) is 11.3 Å². The van der Waals surface area contributed by atoms with Gasteiger partial charge in [0, 0.05) is 17.8 Å². The fraction of sp³-hybridized carbons (Fsp3) is 0.0526. The fourth-order valence-corrected chi connectivity index (χ4v) is 3.65. The maximum Gasteiger partial charge on any atom is 0.289 e. The van der Waals surface area contributed by atoms with Crippen LogP contribution in [0.25, 0.3) is 11.5 Å². The second kappa shape index (κ2) is 7.78. The standard InChI is InChI=1S/C19H15ClN2OS2/c1-13-7-3-4-8-14(13)21-19(24)17(22-11-5-2-6-12-22)18(23)15-9-10-16(20)25-15/h2-12H,1H3,(H-,21,23,24)/p+1. The number of nitrogens with one attached hydrogen (secondary N) is 1. The number of pyridine rings is 1. The summed E-state index contributed by atoms with van der Waals surface area (Å²) in [5.41, 5.74) is 2.47. The van der Waals surface area contributed by atoms with Crippen molar-refractivity contribution in [3.05, 3.63) is 81.8 Å². The van der Waals surface area contributed by atoms with Gasteiger partial charge in [0.25, 0.3) is 5.70 Å². The van der Waals surface area contributed by atoms with Crippen LogP contribution in [-0.4, -0.2) is 10.1 Å². The highest BCUT2D eigenvalue weighted by molar-refractivity contribution is 7.81. The maximum absolute atomic E-state index is 10.8. The van der Waals surface area contributed by atoms with Crippen LogP contribution in [0.2, 0.25) is 4.34 Å². The number of hydrogen-bond donors (Lipinski definition) is 2. The lowest BCUT2D eigenvalue weighted by atomic mass is 10.2. The first-order valence-corrected chi connectivity index (χ1v) is 9.19. The molecule has 0 saturated heterocycles. The molecular weight excluding hydrogens is 372 g/mol. The minimum absolute atomic E-state index is 0.0826. The Labute approximate surface area is 160 Å². The van der Waals surface area contributed by atoms with Gasteiger partial charge in [0.05, 0.1) is 9.21 Å². The number of aliphatic hydroxyl groups excluding tert-OH is 1. The highest BCUT2D eigenvalue weighted by Gasteiger charge is 2.24. The Morgan fingerprint density at radius 3 is 2.44 bits per heavy atom. The molecule has 0 aliphatic heterocycles. The van der Waals surface area contributed by atoms with E-state index >= 15 is 0 Å². The Morgan fingerprint density at radius 1 is 1.08 bits per heavy atom. The van der Waals surface area contributed by atoms with Gasteiger partial charge in [-0.2, -0.15) is 4.57 Å². The summed E-state index contributed by atoms with van der Waals surface area (Å²) in [6.45, 7) is 2.00. The van der Waals surface area contributed by atoms with Gasteiger partial charge in [0.1, 0.15) is 0 Å². The van der Waals surface area contributed by atoms with Gasteiger partial charge in [-0.25, -0.2) is 0 Å². The van der Waals surface area contributed by atoms with Gasteiger partial charge in [-0.05, 0) is 30.7 Å². The Balaban J connectivity index is 2.06. The van der Waals surface area contributed by atoms with Crippen molar-refractivity contribution in [3.8, 4) is 0 Å². The predicted octanol–water partition coefficient (Wildman–Crippen LogP) is 5.32. The van der Waals surface area contributed by atoms with Crippen molar-refractivity contribution in [3.63, 3.8) is 0 Å². The van der Waals surface area contributed by atoms with Crippen LogP contribution in [0.1, 0.15) is 10.4 Å². The molecular formula is C19H16ClN2OS2+. The molecule has 3 aromatic rings. The van der Waals surface area contributed by atoms with Gasteiger partial charge >= 0.3 is 0 Å². The Kier molecular flexibility index (Phi) is 5.48. The van der Waals surface area contributed by atoms with E-state index in [1.54, 1.807) is 16.7 Å². The number of para-hydroxylation sites is 1. The average molecular weight is 388 g/mol. The Hall–Kier alpha value is -2.21. The van der Waals surface area contributed by atoms with E-state index < -0.39 is 0 Å². The van der Waals surface area contributed by atoms with Crippen LogP contribution in [0.3, 0.4) is 0 Å². The number of rotatable bonds is 4. The average Bonchev–Trinajstić information content (AvgIpc) is 3.04. The molecule has 2 heterocycles. The van der Waals surface area contributed by atoms with Crippen LogP contribution in [0.5, 0.6) is 0 Å². The zero-order valence-corrected chi connectivity index (χ0v) is 15.8. The first-order chi connectivity index (χ1) is 12.1. The molecule has 1 aromatic carbocycles. The zero-order valence-electron chi connectivity index (χ0n) is 13.4. The first kappa shape index (κ1) is 17.6. The van der Waals surface area contributed by atoms with Crippen LogP contribution in [-0.2, 0) is 0 Å². The summed E-state index contributed by atoms with van der Waals surface area (Å²) >= 11 is 12.9. The second-order valence-electron chi connectivity index (χ2n) is 5.35. The van der Waals surface area contributed by atoms with E-state index in [0.29, 0.717) is 19.9 Å². The number of halogens is 1. The lowest BCUT2D eigenvalue weighted by Crippen LogP contribution is -2.38. The molecule has 2 N–H and O–H groups in total. The van der Waals surface area contributed by atoms with Crippen molar-refractivity contribution >= 4 is 57.3 Å². The molecule has 3 rings (SSSR count). The molecule has 0 amide bonds. The molecule has 0 saturated carbocycles. The lowest BCUT2D eigenvalue weighted by molar-refractivity contribution is -0.575. The molecule has 0 unspecified atom stereocenters. The first-order valence-electron chi connectivity index (χ1n) is 7.59. The molecule has 25 heavy (non-hydrogen) atoms. The summed E-state index contributed by atoms with van der Waals surface area (Å²) in [7, 11) is 0. The lowest BCUT2D eigenvalue weighted by Gasteiger charge is -2.11. The van der Waals surface area contributed by atoms with E-state index in [9.17, 15) is 5.11 Å². The molecule has 2 aromatic heterocycles. The molecule has 3 nitrogen and oxygen atoms in total. The van der Waals surface area contributed by atoms with E-state index in [1.807, 2.05) is 61.8 Å². The number of anilines is 1. The Morgan fingerprint density at radius 2 is 1.80 bits per heavy atom. The fourth-order valence-electron chi connectivity index (χ4n) is 2.35. The topological polar surface area (TPSA) is 36.1 Å². The minimum atomic E-state index is 0.0826. The van der Waals surface area contributed by atoms with Crippen molar-refractivity contribution in [2.45, 2.75) is 6.92 Å². The summed E-state index contributed by atoms with van der Waals surface area (Å²) in [5, 5.41) is 14.1. The molecule has 0 aliphatic rings. The monoisotopic (exact) mass is 387 g/mol. The molecule has 0 aliphatic carbocycles. The van der Waals surface area contributed by atoms with E-state index in [-0.39, 0.29) is 5.76 Å². The quantitative estimate of drug-likeness (QED) is 0.275. The van der Waals surface area contributed by atoms with Crippen LogP contribution < -0.4 is 9.88 Å². The summed E-state index contributed by atoms with van der Waals surface area (Å²) in [6, 6.07) is 17.1. The van der Waals surface area contributed by atoms with Crippen molar-refractivity contribution < 1.29 is 9.67 Å². The Bertz CT molecular complexity index is 935. The van der Waals surface area contributed by atoms with Crippen LogP contribution in [0, 0.1) is 6.92 Å². The molecule has 0 spiro atoms. The normalized spacial score (nSPS) is 11.8. The molecule has 0 bridgehead atoms. The van der Waals surface area contributed by atoms with Gasteiger partial charge < -0.3 is 10.4 Å². The third-order valence-electron chi connectivity index (χ3n) is 3.61. The predicted molar refractivity (Wildman–Crippen MR) is 109 cm³/mol. The SMILES string of the molecule is Cc1ccccc1NC(=S)/C(=C(\O)c1ccc(Cl)s1)[n+]1ccccc1. The molecule has 0 fully saturated rings. The highest BCUT2D eigenvalue weighted by Crippen LogP contribution is 2.29. The number of hydrogen-bond acceptors (Lipinski definition) is 3. The smallest absolute Gasteiger partial charge is 0.289 e. The van der Waals surface area contributed by atoms with E-state index in [2.05, 4.69) is 5.32 Å². The summed E-state index contributed by atoms with van der Waals surface area (Å²) < 4.78 is 2.40. The zero-order chi connectivity index (χ0) is 17.8. The number of nitrogens with zero attached hydrogens (tertiary/aromatic N) is 1. The van der Waals surface area contributed by atoms with Crippen molar-refractivity contribution in [1.82, 2.24) is 0 Å². The highest BCUT2D eigenvalue weighted by atomic mass is 35.5. The van der Waals surface area contributed by atoms with Crippen LogP contribution in [0.15, 0.2) is 67.0 Å². The maximum atomic E-state index is 10.8. The summed E-state index contributed by atoms with van der Waals surface area (Å²) in [4.78, 5) is 1.08. The van der Waals surface area contributed by atoms with Crippen LogP contribution >= 0.6 is 35.2 Å². The number of thiophene rings is 1. The molecule has 126 valence electrons. The summed E-state index contributed by atoms with van der Waals surface area (Å²) in [6.07, 6.45) is 3.68. The van der Waals surface area contributed by atoms with E-state index in [1.165, 1.54) is 11.3 Å². The number of aromatic nitrogens is 1. The third-order valence-corrected chi connectivity index (χ3v) is 5.15.